The van der Waals surface area contributed by atoms with Gasteiger partial charge in [-0.3, -0.25) is 4.98 Å². The van der Waals surface area contributed by atoms with Crippen molar-refractivity contribution in [2.75, 3.05) is 20.0 Å². The van der Waals surface area contributed by atoms with Crippen LogP contribution in [0, 0.1) is 0 Å². The van der Waals surface area contributed by atoms with Gasteiger partial charge >= 0.3 is 0 Å². The Morgan fingerprint density at radius 2 is 1.62 bits per heavy atom. The number of aromatic nitrogens is 3. The van der Waals surface area contributed by atoms with Gasteiger partial charge in [-0.15, -0.1) is 0 Å². The number of rotatable bonds is 4. The summed E-state index contributed by atoms with van der Waals surface area (Å²) in [6.07, 6.45) is 1.66. The SMILES string of the molecule is COc1cc(OC)c(Cl)c(-c2cc3cnc(N)nc3c(C(C)C)n2)c1Cl. The molecule has 8 heteroatoms. The lowest BCUT2D eigenvalue weighted by atomic mass is 10.0. The lowest BCUT2D eigenvalue weighted by molar-refractivity contribution is 0.395. The summed E-state index contributed by atoms with van der Waals surface area (Å²) >= 11 is 13.1. The number of methoxy groups -OCH3 is 2. The molecule has 0 fully saturated rings. The summed E-state index contributed by atoms with van der Waals surface area (Å²) in [6, 6.07) is 3.47. The Labute approximate surface area is 161 Å². The third-order valence-electron chi connectivity index (χ3n) is 3.99. The van der Waals surface area contributed by atoms with Crippen LogP contribution in [0.5, 0.6) is 11.5 Å². The Hall–Kier alpha value is -2.31. The van der Waals surface area contributed by atoms with E-state index in [9.17, 15) is 0 Å². The summed E-state index contributed by atoms with van der Waals surface area (Å²) in [6.45, 7) is 4.05. The minimum absolute atomic E-state index is 0.108. The molecule has 1 aromatic carbocycles. The summed E-state index contributed by atoms with van der Waals surface area (Å²) in [7, 11) is 3.06. The maximum atomic E-state index is 6.53. The van der Waals surface area contributed by atoms with Gasteiger partial charge in [-0.1, -0.05) is 37.0 Å². The van der Waals surface area contributed by atoms with Gasteiger partial charge in [0.05, 0.1) is 41.2 Å². The Morgan fingerprint density at radius 3 is 2.15 bits per heavy atom. The standard InChI is InChI=1S/C18H18Cl2N4O2/c1-8(2)16-17-9(7-22-18(21)24-17)5-10(23-16)13-14(19)11(25-3)6-12(26-4)15(13)20/h5-8H,1-4H3,(H2,21,22,24). The molecule has 6 nitrogen and oxygen atoms in total. The minimum Gasteiger partial charge on any atom is -0.495 e. The molecule has 2 N–H and O–H groups in total. The first-order valence-corrected chi connectivity index (χ1v) is 8.66. The molecular formula is C18H18Cl2N4O2. The second kappa shape index (κ2) is 7.13. The van der Waals surface area contributed by atoms with E-state index in [0.29, 0.717) is 38.3 Å². The lowest BCUT2D eigenvalue weighted by Crippen LogP contribution is -2.03. The average Bonchev–Trinajstić information content (AvgIpc) is 2.61. The smallest absolute Gasteiger partial charge is 0.220 e. The van der Waals surface area contributed by atoms with E-state index in [0.717, 1.165) is 11.1 Å². The van der Waals surface area contributed by atoms with Crippen LogP contribution in [0.3, 0.4) is 0 Å². The van der Waals surface area contributed by atoms with Crippen molar-refractivity contribution in [2.45, 2.75) is 19.8 Å². The van der Waals surface area contributed by atoms with Crippen LogP contribution in [-0.4, -0.2) is 29.2 Å². The van der Waals surface area contributed by atoms with Gasteiger partial charge in [0.15, 0.2) is 0 Å². The zero-order chi connectivity index (χ0) is 19.0. The predicted molar refractivity (Wildman–Crippen MR) is 104 cm³/mol. The predicted octanol–water partition coefficient (Wildman–Crippen LogP) is 4.72. The second-order valence-corrected chi connectivity index (χ2v) is 6.75. The van der Waals surface area contributed by atoms with Crippen molar-refractivity contribution in [3.63, 3.8) is 0 Å². The molecule has 26 heavy (non-hydrogen) atoms. The first kappa shape index (κ1) is 18.5. The van der Waals surface area contributed by atoms with E-state index in [1.54, 1.807) is 12.3 Å². The second-order valence-electron chi connectivity index (χ2n) is 6.00. The van der Waals surface area contributed by atoms with Gasteiger partial charge in [-0.2, -0.15) is 0 Å². The van der Waals surface area contributed by atoms with Crippen molar-refractivity contribution < 1.29 is 9.47 Å². The van der Waals surface area contributed by atoms with Crippen molar-refractivity contribution >= 4 is 40.1 Å². The number of hydrogen-bond donors (Lipinski definition) is 1. The molecule has 2 aromatic heterocycles. The molecule has 0 aliphatic heterocycles. The largest absolute Gasteiger partial charge is 0.495 e. The summed E-state index contributed by atoms with van der Waals surface area (Å²) in [5, 5.41) is 1.51. The van der Waals surface area contributed by atoms with Gasteiger partial charge in [0.1, 0.15) is 11.5 Å². The van der Waals surface area contributed by atoms with E-state index in [1.807, 2.05) is 19.9 Å². The van der Waals surface area contributed by atoms with E-state index < -0.39 is 0 Å². The minimum atomic E-state index is 0.108. The molecule has 0 aliphatic carbocycles. The van der Waals surface area contributed by atoms with Gasteiger partial charge in [0, 0.05) is 23.2 Å². The van der Waals surface area contributed by atoms with Crippen LogP contribution >= 0.6 is 23.2 Å². The Bertz CT molecular complexity index is 965. The van der Waals surface area contributed by atoms with Gasteiger partial charge < -0.3 is 15.2 Å². The number of nitrogens with zero attached hydrogens (tertiary/aromatic N) is 3. The van der Waals surface area contributed by atoms with Crippen molar-refractivity contribution in [3.05, 3.63) is 34.1 Å². The zero-order valence-electron chi connectivity index (χ0n) is 14.8. The number of pyridine rings is 1. The molecule has 136 valence electrons. The molecule has 0 bridgehead atoms. The highest BCUT2D eigenvalue weighted by Crippen LogP contribution is 2.46. The quantitative estimate of drug-likeness (QED) is 0.691. The third-order valence-corrected chi connectivity index (χ3v) is 4.74. The topological polar surface area (TPSA) is 83.2 Å². The first-order chi connectivity index (χ1) is 12.4. The summed E-state index contributed by atoms with van der Waals surface area (Å²) in [5.41, 5.74) is 8.34. The molecule has 0 spiro atoms. The van der Waals surface area contributed by atoms with Crippen molar-refractivity contribution in [1.82, 2.24) is 15.0 Å². The van der Waals surface area contributed by atoms with Gasteiger partial charge in [0.25, 0.3) is 0 Å². The van der Waals surface area contributed by atoms with Crippen LogP contribution in [0.15, 0.2) is 18.3 Å². The lowest BCUT2D eigenvalue weighted by Gasteiger charge is -2.16. The van der Waals surface area contributed by atoms with Crippen LogP contribution in [0.1, 0.15) is 25.5 Å². The van der Waals surface area contributed by atoms with Crippen LogP contribution in [0.25, 0.3) is 22.2 Å². The summed E-state index contributed by atoms with van der Waals surface area (Å²) in [5.74, 6) is 1.21. The molecule has 3 rings (SSSR count). The first-order valence-electron chi connectivity index (χ1n) is 7.90. The Balaban J connectivity index is 2.38. The highest BCUT2D eigenvalue weighted by Gasteiger charge is 2.22. The molecule has 0 aliphatic rings. The number of nitrogens with two attached hydrogens (primary N) is 1. The fraction of sp³-hybridized carbons (Fsp3) is 0.278. The number of anilines is 1. The van der Waals surface area contributed by atoms with Crippen LogP contribution in [-0.2, 0) is 0 Å². The molecule has 0 atom stereocenters. The number of halogens is 2. The maximum Gasteiger partial charge on any atom is 0.220 e. The van der Waals surface area contributed by atoms with Crippen molar-refractivity contribution in [2.24, 2.45) is 0 Å². The fourth-order valence-electron chi connectivity index (χ4n) is 2.72. The van der Waals surface area contributed by atoms with Crippen LogP contribution in [0.4, 0.5) is 5.95 Å². The third kappa shape index (κ3) is 3.10. The van der Waals surface area contributed by atoms with Crippen LogP contribution in [0.2, 0.25) is 10.0 Å². The zero-order valence-corrected chi connectivity index (χ0v) is 16.3. The maximum absolute atomic E-state index is 6.53. The molecule has 0 saturated carbocycles. The number of hydrogen-bond acceptors (Lipinski definition) is 6. The summed E-state index contributed by atoms with van der Waals surface area (Å²) < 4.78 is 10.7. The van der Waals surface area contributed by atoms with E-state index in [2.05, 4.69) is 9.97 Å². The molecule has 0 saturated heterocycles. The number of ether oxygens (including phenoxy) is 2. The molecule has 0 amide bonds. The van der Waals surface area contributed by atoms with E-state index >= 15 is 0 Å². The number of fused-ring (bicyclic) bond motifs is 1. The fourth-order valence-corrected chi connectivity index (χ4v) is 3.41. The molecule has 0 unspecified atom stereocenters. The Morgan fingerprint density at radius 1 is 1.00 bits per heavy atom. The van der Waals surface area contributed by atoms with Gasteiger partial charge in [-0.25, -0.2) is 9.97 Å². The van der Waals surface area contributed by atoms with Gasteiger partial charge in [-0.05, 0) is 12.0 Å². The highest BCUT2D eigenvalue weighted by molar-refractivity contribution is 6.41. The number of benzene rings is 1. The van der Waals surface area contributed by atoms with Crippen molar-refractivity contribution in [1.29, 1.82) is 0 Å². The number of nitrogen functional groups attached to an aromatic ring is 1. The molecular weight excluding hydrogens is 375 g/mol. The van der Waals surface area contributed by atoms with E-state index in [1.165, 1.54) is 14.2 Å². The monoisotopic (exact) mass is 392 g/mol. The van der Waals surface area contributed by atoms with E-state index in [-0.39, 0.29) is 11.9 Å². The molecule has 2 heterocycles. The van der Waals surface area contributed by atoms with Crippen molar-refractivity contribution in [3.8, 4) is 22.8 Å². The normalized spacial score (nSPS) is 11.2. The summed E-state index contributed by atoms with van der Waals surface area (Å²) in [4.78, 5) is 13.2. The van der Waals surface area contributed by atoms with Gasteiger partial charge in [0.2, 0.25) is 5.95 Å². The highest BCUT2D eigenvalue weighted by atomic mass is 35.5. The molecule has 3 aromatic rings. The molecule has 0 radical (unpaired) electrons. The van der Waals surface area contributed by atoms with E-state index in [4.69, 9.17) is 43.4 Å². The van der Waals surface area contributed by atoms with Crippen LogP contribution < -0.4 is 15.2 Å². The average molecular weight is 393 g/mol. The Kier molecular flexibility index (Phi) is 5.07.